The van der Waals surface area contributed by atoms with Crippen molar-refractivity contribution in [3.63, 3.8) is 0 Å². The Balaban J connectivity index is 2.26. The third-order valence-corrected chi connectivity index (χ3v) is 2.54. The van der Waals surface area contributed by atoms with Crippen LogP contribution in [-0.2, 0) is 0 Å². The van der Waals surface area contributed by atoms with Crippen molar-refractivity contribution in [2.75, 3.05) is 5.32 Å². The molecule has 0 aliphatic carbocycles. The Morgan fingerprint density at radius 1 is 1.47 bits per heavy atom. The van der Waals surface area contributed by atoms with Gasteiger partial charge >= 0.3 is 0 Å². The lowest BCUT2D eigenvalue weighted by Gasteiger charge is -2.14. The normalized spacial score (nSPS) is 10.5. The molecule has 0 aliphatic heterocycles. The first-order valence-corrected chi connectivity index (χ1v) is 6.20. The molecule has 0 saturated heterocycles. The summed E-state index contributed by atoms with van der Waals surface area (Å²) in [6.45, 7) is 3.79. The number of carbonyl (C=O) groups is 1. The molecule has 0 saturated carbocycles. The highest BCUT2D eigenvalue weighted by molar-refractivity contribution is 6.31. The number of H-pyrrole nitrogens is 1. The van der Waals surface area contributed by atoms with Gasteiger partial charge in [0, 0.05) is 11.2 Å². The van der Waals surface area contributed by atoms with E-state index in [0.717, 1.165) is 0 Å². The molecule has 1 aromatic heterocycles. The summed E-state index contributed by atoms with van der Waals surface area (Å²) in [4.78, 5) is 12.2. The molecule has 19 heavy (non-hydrogen) atoms. The number of rotatable bonds is 4. The van der Waals surface area contributed by atoms with Gasteiger partial charge in [0.05, 0.1) is 23.6 Å². The van der Waals surface area contributed by atoms with Gasteiger partial charge in [0.15, 0.2) is 0 Å². The van der Waals surface area contributed by atoms with Crippen LogP contribution < -0.4 is 10.1 Å². The van der Waals surface area contributed by atoms with Crippen molar-refractivity contribution in [1.82, 2.24) is 10.2 Å². The van der Waals surface area contributed by atoms with Gasteiger partial charge in [-0.25, -0.2) is 0 Å². The summed E-state index contributed by atoms with van der Waals surface area (Å²) in [7, 11) is 0. The maximum absolute atomic E-state index is 12.2. The van der Waals surface area contributed by atoms with Gasteiger partial charge < -0.3 is 10.1 Å². The van der Waals surface area contributed by atoms with Gasteiger partial charge in [-0.05, 0) is 32.0 Å². The van der Waals surface area contributed by atoms with Gasteiger partial charge in [-0.1, -0.05) is 11.6 Å². The third kappa shape index (κ3) is 3.48. The molecule has 0 atom stereocenters. The van der Waals surface area contributed by atoms with E-state index >= 15 is 0 Å². The second-order valence-electron chi connectivity index (χ2n) is 4.25. The molecule has 5 nitrogen and oxygen atoms in total. The predicted molar refractivity (Wildman–Crippen MR) is 73.8 cm³/mol. The topological polar surface area (TPSA) is 67.0 Å². The van der Waals surface area contributed by atoms with Crippen molar-refractivity contribution in [1.29, 1.82) is 0 Å². The molecule has 0 bridgehead atoms. The fourth-order valence-corrected chi connectivity index (χ4v) is 1.73. The van der Waals surface area contributed by atoms with Gasteiger partial charge in [0.25, 0.3) is 5.91 Å². The van der Waals surface area contributed by atoms with E-state index in [1.54, 1.807) is 24.4 Å². The Morgan fingerprint density at radius 3 is 2.89 bits per heavy atom. The van der Waals surface area contributed by atoms with Crippen LogP contribution >= 0.6 is 11.6 Å². The SMILES string of the molecule is CC(C)Oc1ccc(Cl)cc1C(=O)Nc1cn[nH]c1. The fourth-order valence-electron chi connectivity index (χ4n) is 1.55. The number of benzene rings is 1. The number of aromatic nitrogens is 2. The highest BCUT2D eigenvalue weighted by atomic mass is 35.5. The van der Waals surface area contributed by atoms with E-state index in [0.29, 0.717) is 22.0 Å². The van der Waals surface area contributed by atoms with Gasteiger partial charge in [0.1, 0.15) is 5.75 Å². The maximum atomic E-state index is 12.2. The number of aromatic amines is 1. The lowest BCUT2D eigenvalue weighted by atomic mass is 10.2. The molecule has 0 aliphatic rings. The third-order valence-electron chi connectivity index (χ3n) is 2.30. The van der Waals surface area contributed by atoms with Crippen molar-refractivity contribution in [2.24, 2.45) is 0 Å². The van der Waals surface area contributed by atoms with E-state index in [9.17, 15) is 4.79 Å². The Hall–Kier alpha value is -2.01. The van der Waals surface area contributed by atoms with Crippen LogP contribution in [0.5, 0.6) is 5.75 Å². The quantitative estimate of drug-likeness (QED) is 0.904. The molecule has 2 rings (SSSR count). The monoisotopic (exact) mass is 279 g/mol. The van der Waals surface area contributed by atoms with Gasteiger partial charge in [-0.15, -0.1) is 0 Å². The maximum Gasteiger partial charge on any atom is 0.259 e. The molecular weight excluding hydrogens is 266 g/mol. The number of hydrogen-bond donors (Lipinski definition) is 2. The van der Waals surface area contributed by atoms with Crippen LogP contribution in [-0.4, -0.2) is 22.2 Å². The molecule has 2 N–H and O–H groups in total. The molecule has 1 aromatic carbocycles. The predicted octanol–water partition coefficient (Wildman–Crippen LogP) is 3.10. The van der Waals surface area contributed by atoms with E-state index in [2.05, 4.69) is 15.5 Å². The standard InChI is InChI=1S/C13H14ClN3O2/c1-8(2)19-12-4-3-9(14)5-11(12)13(18)17-10-6-15-16-7-10/h3-8H,1-2H3,(H,15,16)(H,17,18). The van der Waals surface area contributed by atoms with Crippen molar-refractivity contribution in [2.45, 2.75) is 20.0 Å². The van der Waals surface area contributed by atoms with E-state index in [1.165, 1.54) is 6.20 Å². The molecule has 1 heterocycles. The first-order valence-electron chi connectivity index (χ1n) is 5.82. The van der Waals surface area contributed by atoms with E-state index in [1.807, 2.05) is 13.8 Å². The summed E-state index contributed by atoms with van der Waals surface area (Å²) >= 11 is 5.93. The number of amides is 1. The largest absolute Gasteiger partial charge is 0.490 e. The van der Waals surface area contributed by atoms with Crippen molar-refractivity contribution >= 4 is 23.2 Å². The highest BCUT2D eigenvalue weighted by Gasteiger charge is 2.15. The van der Waals surface area contributed by atoms with Gasteiger partial charge in [-0.3, -0.25) is 9.89 Å². The minimum Gasteiger partial charge on any atom is -0.490 e. The lowest BCUT2D eigenvalue weighted by Crippen LogP contribution is -2.15. The summed E-state index contributed by atoms with van der Waals surface area (Å²) in [5, 5.41) is 9.57. The van der Waals surface area contributed by atoms with Crippen LogP contribution in [0.1, 0.15) is 24.2 Å². The number of nitrogens with zero attached hydrogens (tertiary/aromatic N) is 1. The Morgan fingerprint density at radius 2 is 2.26 bits per heavy atom. The Kier molecular flexibility index (Phi) is 4.06. The van der Waals surface area contributed by atoms with E-state index in [4.69, 9.17) is 16.3 Å². The average Bonchev–Trinajstić information content (AvgIpc) is 2.83. The fraction of sp³-hybridized carbons (Fsp3) is 0.231. The molecule has 2 aromatic rings. The van der Waals surface area contributed by atoms with Crippen molar-refractivity contribution in [3.05, 3.63) is 41.2 Å². The van der Waals surface area contributed by atoms with Gasteiger partial charge in [-0.2, -0.15) is 5.10 Å². The first kappa shape index (κ1) is 13.4. The minimum absolute atomic E-state index is 0.0262. The molecule has 6 heteroatoms. The molecule has 100 valence electrons. The molecule has 0 spiro atoms. The van der Waals surface area contributed by atoms with Gasteiger partial charge in [0.2, 0.25) is 0 Å². The van der Waals surface area contributed by atoms with E-state index < -0.39 is 0 Å². The lowest BCUT2D eigenvalue weighted by molar-refractivity contribution is 0.102. The van der Waals surface area contributed by atoms with Crippen LogP contribution in [0, 0.1) is 0 Å². The number of ether oxygens (including phenoxy) is 1. The Labute approximate surface area is 115 Å². The zero-order valence-electron chi connectivity index (χ0n) is 10.6. The number of nitrogens with one attached hydrogen (secondary N) is 2. The molecule has 1 amide bonds. The molecule has 0 unspecified atom stereocenters. The summed E-state index contributed by atoms with van der Waals surface area (Å²) in [6.07, 6.45) is 3.08. The average molecular weight is 280 g/mol. The molecule has 0 radical (unpaired) electrons. The number of halogens is 1. The second kappa shape index (κ2) is 5.75. The summed E-state index contributed by atoms with van der Waals surface area (Å²) in [5.74, 6) is 0.208. The second-order valence-corrected chi connectivity index (χ2v) is 4.68. The highest BCUT2D eigenvalue weighted by Crippen LogP contribution is 2.24. The van der Waals surface area contributed by atoms with Crippen molar-refractivity contribution < 1.29 is 9.53 Å². The number of anilines is 1. The number of hydrogen-bond acceptors (Lipinski definition) is 3. The van der Waals surface area contributed by atoms with Crippen LogP contribution in [0.25, 0.3) is 0 Å². The summed E-state index contributed by atoms with van der Waals surface area (Å²) in [6, 6.07) is 4.95. The zero-order valence-corrected chi connectivity index (χ0v) is 11.4. The Bertz CT molecular complexity index is 567. The molecule has 0 fully saturated rings. The van der Waals surface area contributed by atoms with E-state index in [-0.39, 0.29) is 12.0 Å². The minimum atomic E-state index is -0.292. The van der Waals surface area contributed by atoms with Crippen LogP contribution in [0.2, 0.25) is 5.02 Å². The smallest absolute Gasteiger partial charge is 0.259 e. The molecular formula is C13H14ClN3O2. The number of carbonyl (C=O) groups excluding carboxylic acids is 1. The first-order chi connectivity index (χ1) is 9.06. The van der Waals surface area contributed by atoms with Crippen molar-refractivity contribution in [3.8, 4) is 5.75 Å². The zero-order chi connectivity index (χ0) is 13.8. The van der Waals surface area contributed by atoms with Crippen LogP contribution in [0.15, 0.2) is 30.6 Å². The van der Waals surface area contributed by atoms with Crippen LogP contribution in [0.3, 0.4) is 0 Å². The van der Waals surface area contributed by atoms with Crippen LogP contribution in [0.4, 0.5) is 5.69 Å². The summed E-state index contributed by atoms with van der Waals surface area (Å²) < 4.78 is 5.60. The summed E-state index contributed by atoms with van der Waals surface area (Å²) in [5.41, 5.74) is 0.975.